The summed E-state index contributed by atoms with van der Waals surface area (Å²) in [5.74, 6) is 1.58. The minimum atomic E-state index is 0.588. The molecule has 1 rings (SSSR count). The first kappa shape index (κ1) is 11.0. The molecule has 1 unspecified atom stereocenters. The quantitative estimate of drug-likeness (QED) is 0.713. The Hall–Kier alpha value is -1.05. The van der Waals surface area contributed by atoms with Crippen LogP contribution in [0.25, 0.3) is 0 Å². The largest absolute Gasteiger partial charge is 0.344 e. The smallest absolute Gasteiger partial charge is 0.128 e. The van der Waals surface area contributed by atoms with Crippen molar-refractivity contribution in [2.75, 3.05) is 0 Å². The number of rotatable bonds is 2. The molecule has 2 nitrogen and oxygen atoms in total. The lowest BCUT2D eigenvalue weighted by Gasteiger charge is -2.21. The molecule has 0 saturated carbocycles. The van der Waals surface area contributed by atoms with Gasteiger partial charge in [-0.1, -0.05) is 13.8 Å². The Morgan fingerprint density at radius 2 is 2.14 bits per heavy atom. The summed E-state index contributed by atoms with van der Waals surface area (Å²) in [5.41, 5.74) is 3.80. The van der Waals surface area contributed by atoms with E-state index in [9.17, 15) is 0 Å². The number of nitrogens with zero attached hydrogens (tertiary/aromatic N) is 1. The number of hydrogen-bond donors (Lipinski definition) is 1. The lowest BCUT2D eigenvalue weighted by atomic mass is 9.97. The van der Waals surface area contributed by atoms with E-state index < -0.39 is 0 Å². The van der Waals surface area contributed by atoms with Crippen LogP contribution in [0.5, 0.6) is 0 Å². The van der Waals surface area contributed by atoms with Gasteiger partial charge in [-0.3, -0.25) is 0 Å². The molecular formula is C12H20N2. The summed E-state index contributed by atoms with van der Waals surface area (Å²) in [5, 5.41) is 3.34. The topological polar surface area (TPSA) is 24.4 Å². The van der Waals surface area contributed by atoms with Gasteiger partial charge in [-0.15, -0.1) is 0 Å². The zero-order valence-electron chi connectivity index (χ0n) is 9.81. The van der Waals surface area contributed by atoms with E-state index in [4.69, 9.17) is 0 Å². The Balaban J connectivity index is 2.90. The number of nitrogens with one attached hydrogen (secondary N) is 1. The van der Waals surface area contributed by atoms with Gasteiger partial charge in [0.25, 0.3) is 0 Å². The van der Waals surface area contributed by atoms with Crippen molar-refractivity contribution in [2.45, 2.75) is 41.0 Å². The molecule has 14 heavy (non-hydrogen) atoms. The Kier molecular flexibility index (Phi) is 3.50. The molecule has 1 aliphatic rings. The number of aliphatic imine (C=N–C) groups is 1. The fraction of sp³-hybridized carbons (Fsp3) is 0.583. The highest BCUT2D eigenvalue weighted by Gasteiger charge is 2.13. The molecule has 1 N–H and O–H groups in total. The molecule has 0 amide bonds. The van der Waals surface area contributed by atoms with Gasteiger partial charge < -0.3 is 5.32 Å². The predicted molar refractivity (Wildman–Crippen MR) is 62.2 cm³/mol. The monoisotopic (exact) mass is 192 g/mol. The van der Waals surface area contributed by atoms with E-state index in [0.29, 0.717) is 5.92 Å². The van der Waals surface area contributed by atoms with Crippen molar-refractivity contribution >= 4 is 6.21 Å². The first-order valence-electron chi connectivity index (χ1n) is 5.25. The van der Waals surface area contributed by atoms with Crippen molar-refractivity contribution in [1.82, 2.24) is 5.32 Å². The summed E-state index contributed by atoms with van der Waals surface area (Å²) in [4.78, 5) is 4.42. The Morgan fingerprint density at radius 1 is 1.50 bits per heavy atom. The van der Waals surface area contributed by atoms with Crippen molar-refractivity contribution in [1.29, 1.82) is 0 Å². The Morgan fingerprint density at radius 3 is 2.57 bits per heavy atom. The molecule has 2 heteroatoms. The molecule has 0 fully saturated rings. The second kappa shape index (κ2) is 4.45. The van der Waals surface area contributed by atoms with Gasteiger partial charge in [0.15, 0.2) is 0 Å². The lowest BCUT2D eigenvalue weighted by Crippen LogP contribution is -2.20. The van der Waals surface area contributed by atoms with Crippen LogP contribution >= 0.6 is 0 Å². The van der Waals surface area contributed by atoms with Gasteiger partial charge in [0.2, 0.25) is 0 Å². The third-order valence-electron chi connectivity index (χ3n) is 2.69. The van der Waals surface area contributed by atoms with Gasteiger partial charge in [-0.05, 0) is 44.3 Å². The zero-order chi connectivity index (χ0) is 10.7. The van der Waals surface area contributed by atoms with Crippen molar-refractivity contribution in [3.05, 3.63) is 22.7 Å². The molecule has 1 aliphatic heterocycles. The van der Waals surface area contributed by atoms with E-state index in [1.807, 2.05) is 6.21 Å². The van der Waals surface area contributed by atoms with Crippen LogP contribution in [0, 0.1) is 5.92 Å². The van der Waals surface area contributed by atoms with Gasteiger partial charge in [-0.25, -0.2) is 4.99 Å². The first-order chi connectivity index (χ1) is 6.56. The summed E-state index contributed by atoms with van der Waals surface area (Å²) >= 11 is 0. The van der Waals surface area contributed by atoms with Crippen LogP contribution < -0.4 is 5.32 Å². The summed E-state index contributed by atoms with van der Waals surface area (Å²) in [6, 6.07) is 0. The molecule has 0 saturated heterocycles. The molecule has 0 bridgehead atoms. The maximum absolute atomic E-state index is 4.42. The number of hydrogen-bond acceptors (Lipinski definition) is 2. The maximum atomic E-state index is 4.42. The standard InChI is InChI=1S/C12H20N2/c1-6-9(4)11-7-13-12(8(2)3)14-10(11)5/h7,9,14H,6H2,1-5H3. The molecule has 0 aromatic rings. The highest BCUT2D eigenvalue weighted by atomic mass is 15.1. The van der Waals surface area contributed by atoms with Crippen molar-refractivity contribution in [3.63, 3.8) is 0 Å². The molecule has 0 spiro atoms. The molecule has 0 aromatic heterocycles. The molecule has 1 heterocycles. The summed E-state index contributed by atoms with van der Waals surface area (Å²) in [6.45, 7) is 10.7. The summed E-state index contributed by atoms with van der Waals surface area (Å²) in [7, 11) is 0. The first-order valence-corrected chi connectivity index (χ1v) is 5.25. The molecule has 1 atom stereocenters. The Labute approximate surface area is 86.8 Å². The van der Waals surface area contributed by atoms with Gasteiger partial charge in [-0.2, -0.15) is 0 Å². The fourth-order valence-corrected chi connectivity index (χ4v) is 1.48. The van der Waals surface area contributed by atoms with Crippen LogP contribution in [-0.2, 0) is 0 Å². The van der Waals surface area contributed by atoms with Crippen molar-refractivity contribution in [2.24, 2.45) is 10.9 Å². The van der Waals surface area contributed by atoms with Gasteiger partial charge in [0, 0.05) is 11.9 Å². The fourth-order valence-electron chi connectivity index (χ4n) is 1.48. The third kappa shape index (κ3) is 2.25. The van der Waals surface area contributed by atoms with E-state index in [2.05, 4.69) is 44.9 Å². The van der Waals surface area contributed by atoms with Gasteiger partial charge in [0.05, 0.1) is 0 Å². The molecular weight excluding hydrogens is 172 g/mol. The summed E-state index contributed by atoms with van der Waals surface area (Å²) < 4.78 is 0. The van der Waals surface area contributed by atoms with E-state index in [1.165, 1.54) is 16.8 Å². The van der Waals surface area contributed by atoms with E-state index >= 15 is 0 Å². The highest BCUT2D eigenvalue weighted by molar-refractivity contribution is 5.82. The predicted octanol–water partition coefficient (Wildman–Crippen LogP) is 3.23. The number of allylic oxidation sites excluding steroid dienone is 3. The SMILES string of the molecule is CCC(C)C1=C(C)NC(=C(C)C)N=C1. The Bertz CT molecular complexity index is 304. The average molecular weight is 192 g/mol. The zero-order valence-corrected chi connectivity index (χ0v) is 9.81. The molecule has 0 aliphatic carbocycles. The van der Waals surface area contributed by atoms with E-state index in [-0.39, 0.29) is 0 Å². The van der Waals surface area contributed by atoms with Crippen molar-refractivity contribution in [3.8, 4) is 0 Å². The highest BCUT2D eigenvalue weighted by Crippen LogP contribution is 2.20. The maximum Gasteiger partial charge on any atom is 0.128 e. The van der Waals surface area contributed by atoms with Gasteiger partial charge in [0.1, 0.15) is 5.82 Å². The second-order valence-electron chi connectivity index (χ2n) is 4.12. The normalized spacial score (nSPS) is 18.2. The minimum Gasteiger partial charge on any atom is -0.344 e. The van der Waals surface area contributed by atoms with Crippen LogP contribution in [0.4, 0.5) is 0 Å². The minimum absolute atomic E-state index is 0.588. The van der Waals surface area contributed by atoms with E-state index in [1.54, 1.807) is 0 Å². The van der Waals surface area contributed by atoms with Gasteiger partial charge >= 0.3 is 0 Å². The van der Waals surface area contributed by atoms with Crippen LogP contribution in [0.3, 0.4) is 0 Å². The average Bonchev–Trinajstić information content (AvgIpc) is 2.16. The van der Waals surface area contributed by atoms with Crippen molar-refractivity contribution < 1.29 is 0 Å². The van der Waals surface area contributed by atoms with Crippen LogP contribution in [0.2, 0.25) is 0 Å². The van der Waals surface area contributed by atoms with E-state index in [0.717, 1.165) is 12.2 Å². The summed E-state index contributed by atoms with van der Waals surface area (Å²) in [6.07, 6.45) is 3.16. The van der Waals surface area contributed by atoms with Crippen LogP contribution in [-0.4, -0.2) is 6.21 Å². The second-order valence-corrected chi connectivity index (χ2v) is 4.12. The lowest BCUT2D eigenvalue weighted by molar-refractivity contribution is 0.661. The molecule has 0 radical (unpaired) electrons. The third-order valence-corrected chi connectivity index (χ3v) is 2.69. The van der Waals surface area contributed by atoms with Crippen LogP contribution in [0.15, 0.2) is 27.7 Å². The molecule has 78 valence electrons. The van der Waals surface area contributed by atoms with Crippen LogP contribution in [0.1, 0.15) is 41.0 Å². The molecule has 0 aromatic carbocycles.